The van der Waals surface area contributed by atoms with Gasteiger partial charge in [0.1, 0.15) is 0 Å². The Labute approximate surface area is 161 Å². The molecular formula is C23H26BNO2. The van der Waals surface area contributed by atoms with Gasteiger partial charge < -0.3 is 15.0 Å². The van der Waals surface area contributed by atoms with Crippen LogP contribution in [0.25, 0.3) is 21.9 Å². The molecule has 0 aliphatic carbocycles. The van der Waals surface area contributed by atoms with E-state index < -0.39 is 18.3 Å². The first kappa shape index (κ1) is 18.1. The predicted octanol–water partition coefficient (Wildman–Crippen LogP) is 4.70. The summed E-state index contributed by atoms with van der Waals surface area (Å²) in [5.74, 6) is 0. The zero-order valence-electron chi connectivity index (χ0n) is 16.7. The Kier molecular flexibility index (Phi) is 4.10. The average molecular weight is 359 g/mol. The van der Waals surface area contributed by atoms with Gasteiger partial charge in [0.15, 0.2) is 0 Å². The maximum atomic E-state index is 6.71. The van der Waals surface area contributed by atoms with Crippen LogP contribution in [0.4, 0.5) is 5.69 Å². The summed E-state index contributed by atoms with van der Waals surface area (Å²) in [6.07, 6.45) is 0. The van der Waals surface area contributed by atoms with Crippen LogP contribution in [0.3, 0.4) is 0 Å². The molecule has 0 atom stereocenters. The summed E-state index contributed by atoms with van der Waals surface area (Å²) in [7, 11) is -0.462. The Hall–Kier alpha value is -2.30. The maximum absolute atomic E-state index is 6.71. The van der Waals surface area contributed by atoms with E-state index in [-0.39, 0.29) is 0 Å². The van der Waals surface area contributed by atoms with Gasteiger partial charge in [0.2, 0.25) is 0 Å². The molecule has 0 spiro atoms. The van der Waals surface area contributed by atoms with Crippen LogP contribution in [0, 0.1) is 6.92 Å². The second-order valence-electron chi connectivity index (χ2n) is 8.38. The lowest BCUT2D eigenvalue weighted by Gasteiger charge is -2.32. The number of rotatable bonds is 2. The Morgan fingerprint density at radius 2 is 1.44 bits per heavy atom. The molecule has 3 aromatic rings. The Morgan fingerprint density at radius 3 is 2.11 bits per heavy atom. The number of hydrogen-bond donors (Lipinski definition) is 1. The summed E-state index contributed by atoms with van der Waals surface area (Å²) in [5.41, 5.74) is 11.0. The van der Waals surface area contributed by atoms with Gasteiger partial charge in [-0.25, -0.2) is 0 Å². The summed E-state index contributed by atoms with van der Waals surface area (Å²) in [6, 6.07) is 18.7. The summed E-state index contributed by atoms with van der Waals surface area (Å²) in [4.78, 5) is 0. The molecule has 0 aromatic heterocycles. The van der Waals surface area contributed by atoms with Gasteiger partial charge in [-0.15, -0.1) is 0 Å². The van der Waals surface area contributed by atoms with Crippen molar-refractivity contribution < 1.29 is 9.31 Å². The van der Waals surface area contributed by atoms with Gasteiger partial charge in [0.25, 0.3) is 0 Å². The van der Waals surface area contributed by atoms with E-state index in [1.165, 1.54) is 5.56 Å². The van der Waals surface area contributed by atoms with Crippen molar-refractivity contribution in [1.82, 2.24) is 0 Å². The minimum Gasteiger partial charge on any atom is -0.399 e. The number of benzene rings is 3. The molecule has 138 valence electrons. The highest BCUT2D eigenvalue weighted by molar-refractivity contribution is 6.64. The molecule has 0 radical (unpaired) electrons. The number of anilines is 1. The van der Waals surface area contributed by atoms with Crippen LogP contribution < -0.4 is 11.2 Å². The van der Waals surface area contributed by atoms with E-state index in [0.717, 1.165) is 33.0 Å². The van der Waals surface area contributed by atoms with Gasteiger partial charge in [-0.1, -0.05) is 54.6 Å². The second-order valence-corrected chi connectivity index (χ2v) is 8.38. The first-order valence-corrected chi connectivity index (χ1v) is 9.44. The minimum absolute atomic E-state index is 0.402. The number of aryl methyl sites for hydroxylation is 1. The molecule has 27 heavy (non-hydrogen) atoms. The molecule has 4 rings (SSSR count). The molecule has 0 amide bonds. The van der Waals surface area contributed by atoms with Crippen LogP contribution in [-0.2, 0) is 9.31 Å². The molecule has 1 fully saturated rings. The van der Waals surface area contributed by atoms with Crippen molar-refractivity contribution in [3.8, 4) is 11.1 Å². The molecule has 3 nitrogen and oxygen atoms in total. The van der Waals surface area contributed by atoms with E-state index in [1.807, 2.05) is 24.3 Å². The molecule has 0 saturated carbocycles. The number of fused-ring (bicyclic) bond motifs is 1. The smallest absolute Gasteiger partial charge is 0.399 e. The lowest BCUT2D eigenvalue weighted by Crippen LogP contribution is -2.41. The zero-order chi connectivity index (χ0) is 19.4. The molecule has 0 unspecified atom stereocenters. The molecule has 1 heterocycles. The Balaban J connectivity index is 2.00. The fourth-order valence-electron chi connectivity index (χ4n) is 3.71. The fourth-order valence-corrected chi connectivity index (χ4v) is 3.71. The standard InChI is InChI=1S/C23H26BNO2/c1-15-10-6-8-12-17(15)20-19(24-26-22(2,3)23(4,5)27-24)14-16-11-7-9-13-18(16)21(20)25/h6-14H,25H2,1-5H3. The molecule has 1 saturated heterocycles. The van der Waals surface area contributed by atoms with E-state index in [2.05, 4.69) is 65.0 Å². The van der Waals surface area contributed by atoms with Crippen molar-refractivity contribution >= 4 is 29.0 Å². The zero-order valence-corrected chi connectivity index (χ0v) is 16.7. The van der Waals surface area contributed by atoms with Gasteiger partial charge in [0.05, 0.1) is 11.2 Å². The van der Waals surface area contributed by atoms with Crippen LogP contribution in [0.5, 0.6) is 0 Å². The van der Waals surface area contributed by atoms with Crippen molar-refractivity contribution in [2.24, 2.45) is 0 Å². The third-order valence-electron chi connectivity index (χ3n) is 6.04. The van der Waals surface area contributed by atoms with Crippen LogP contribution in [0.1, 0.15) is 33.3 Å². The summed E-state index contributed by atoms with van der Waals surface area (Å²) >= 11 is 0. The quantitative estimate of drug-likeness (QED) is 0.533. The van der Waals surface area contributed by atoms with Crippen LogP contribution in [-0.4, -0.2) is 18.3 Å². The molecule has 1 aliphatic heterocycles. The van der Waals surface area contributed by atoms with E-state index >= 15 is 0 Å². The largest absolute Gasteiger partial charge is 0.495 e. The van der Waals surface area contributed by atoms with Crippen LogP contribution >= 0.6 is 0 Å². The summed E-state index contributed by atoms with van der Waals surface area (Å²) < 4.78 is 12.8. The lowest BCUT2D eigenvalue weighted by molar-refractivity contribution is 0.00578. The molecule has 4 heteroatoms. The van der Waals surface area contributed by atoms with Crippen molar-refractivity contribution in [1.29, 1.82) is 0 Å². The highest BCUT2D eigenvalue weighted by atomic mass is 16.7. The second kappa shape index (κ2) is 6.11. The normalized spacial score (nSPS) is 18.2. The fraction of sp³-hybridized carbons (Fsp3) is 0.304. The van der Waals surface area contributed by atoms with Gasteiger partial charge in [-0.05, 0) is 56.6 Å². The van der Waals surface area contributed by atoms with E-state index in [4.69, 9.17) is 15.0 Å². The predicted molar refractivity (Wildman–Crippen MR) is 114 cm³/mol. The van der Waals surface area contributed by atoms with Crippen LogP contribution in [0.15, 0.2) is 54.6 Å². The molecular weight excluding hydrogens is 333 g/mol. The van der Waals surface area contributed by atoms with Gasteiger partial charge >= 0.3 is 7.12 Å². The number of nitrogens with two attached hydrogens (primary N) is 1. The highest BCUT2D eigenvalue weighted by Crippen LogP contribution is 2.39. The molecule has 1 aliphatic rings. The monoisotopic (exact) mass is 359 g/mol. The Morgan fingerprint density at radius 1 is 0.852 bits per heavy atom. The van der Waals surface area contributed by atoms with Crippen molar-refractivity contribution in [3.05, 3.63) is 60.2 Å². The van der Waals surface area contributed by atoms with Gasteiger partial charge in [0, 0.05) is 16.6 Å². The van der Waals surface area contributed by atoms with E-state index in [0.29, 0.717) is 0 Å². The van der Waals surface area contributed by atoms with E-state index in [9.17, 15) is 0 Å². The number of hydrogen-bond acceptors (Lipinski definition) is 3. The van der Waals surface area contributed by atoms with Crippen molar-refractivity contribution in [2.45, 2.75) is 45.8 Å². The third kappa shape index (κ3) is 2.84. The summed E-state index contributed by atoms with van der Waals surface area (Å²) in [5, 5.41) is 2.15. The third-order valence-corrected chi connectivity index (χ3v) is 6.04. The summed E-state index contributed by atoms with van der Waals surface area (Å²) in [6.45, 7) is 10.4. The molecule has 0 bridgehead atoms. The SMILES string of the molecule is Cc1ccccc1-c1c(B2OC(C)(C)C(C)(C)O2)cc2ccccc2c1N. The Bertz CT molecular complexity index is 1010. The molecule has 3 aromatic carbocycles. The van der Waals surface area contributed by atoms with Gasteiger partial charge in [-0.3, -0.25) is 0 Å². The highest BCUT2D eigenvalue weighted by Gasteiger charge is 2.52. The maximum Gasteiger partial charge on any atom is 0.495 e. The van der Waals surface area contributed by atoms with E-state index in [1.54, 1.807) is 0 Å². The first-order valence-electron chi connectivity index (χ1n) is 9.44. The number of nitrogen functional groups attached to an aromatic ring is 1. The lowest BCUT2D eigenvalue weighted by atomic mass is 9.72. The van der Waals surface area contributed by atoms with Crippen LogP contribution in [0.2, 0.25) is 0 Å². The average Bonchev–Trinajstić information content (AvgIpc) is 2.83. The molecule has 2 N–H and O–H groups in total. The van der Waals surface area contributed by atoms with Gasteiger partial charge in [-0.2, -0.15) is 0 Å². The van der Waals surface area contributed by atoms with Crippen molar-refractivity contribution in [3.63, 3.8) is 0 Å². The van der Waals surface area contributed by atoms with Crippen molar-refractivity contribution in [2.75, 3.05) is 5.73 Å². The topological polar surface area (TPSA) is 44.5 Å². The first-order chi connectivity index (χ1) is 12.7. The minimum atomic E-state index is -0.462.